The summed E-state index contributed by atoms with van der Waals surface area (Å²) < 4.78 is 15.3. The number of nitrogens with zero attached hydrogens (tertiary/aromatic N) is 2. The molecule has 0 aliphatic carbocycles. The maximum atomic E-state index is 5.99. The molecule has 2 N–H and O–H groups in total. The van der Waals surface area contributed by atoms with Crippen LogP contribution in [0.1, 0.15) is 18.2 Å². The normalized spacial score (nSPS) is 12.4. The lowest BCUT2D eigenvalue weighted by Gasteiger charge is -2.13. The highest BCUT2D eigenvalue weighted by Crippen LogP contribution is 2.19. The molecule has 0 aliphatic rings. The highest BCUT2D eigenvalue weighted by Gasteiger charge is 2.13. The van der Waals surface area contributed by atoms with E-state index in [2.05, 4.69) is 9.97 Å². The molecule has 1 rings (SSSR count). The van der Waals surface area contributed by atoms with Crippen LogP contribution in [0.5, 0.6) is 5.88 Å². The molecule has 0 bridgehead atoms. The fourth-order valence-corrected chi connectivity index (χ4v) is 1.34. The zero-order chi connectivity index (χ0) is 12.5. The Bertz CT molecular complexity index is 323. The molecule has 96 valence electrons. The Balaban J connectivity index is 2.38. The second kappa shape index (κ2) is 7.94. The Kier molecular flexibility index (Phi) is 6.46. The average Bonchev–Trinajstić information content (AvgIpc) is 2.38. The molecule has 0 saturated heterocycles. The third kappa shape index (κ3) is 4.64. The van der Waals surface area contributed by atoms with Crippen molar-refractivity contribution in [3.8, 4) is 5.88 Å². The van der Waals surface area contributed by atoms with Crippen molar-refractivity contribution in [2.45, 2.75) is 12.5 Å². The number of nitrogens with two attached hydrogens (primary N) is 1. The van der Waals surface area contributed by atoms with E-state index >= 15 is 0 Å². The van der Waals surface area contributed by atoms with Crippen molar-refractivity contribution in [2.75, 3.05) is 34.0 Å². The van der Waals surface area contributed by atoms with Crippen LogP contribution in [-0.2, 0) is 9.47 Å². The fraction of sp³-hybridized carbons (Fsp3) is 0.636. The smallest absolute Gasteiger partial charge is 0.236 e. The molecule has 17 heavy (non-hydrogen) atoms. The van der Waals surface area contributed by atoms with Crippen molar-refractivity contribution in [1.29, 1.82) is 0 Å². The third-order valence-corrected chi connectivity index (χ3v) is 2.24. The predicted octanol–water partition coefficient (Wildman–Crippen LogP) is 0.538. The van der Waals surface area contributed by atoms with E-state index < -0.39 is 0 Å². The van der Waals surface area contributed by atoms with E-state index in [1.807, 2.05) is 0 Å². The van der Waals surface area contributed by atoms with Gasteiger partial charge in [-0.15, -0.1) is 0 Å². The van der Waals surface area contributed by atoms with Gasteiger partial charge in [-0.2, -0.15) is 0 Å². The number of ether oxygens (including phenoxy) is 3. The van der Waals surface area contributed by atoms with Crippen LogP contribution in [0.4, 0.5) is 0 Å². The Morgan fingerprint density at radius 2 is 1.94 bits per heavy atom. The summed E-state index contributed by atoms with van der Waals surface area (Å²) in [4.78, 5) is 8.22. The van der Waals surface area contributed by atoms with E-state index in [1.165, 1.54) is 0 Å². The van der Waals surface area contributed by atoms with Gasteiger partial charge in [0.25, 0.3) is 0 Å². The molecule has 1 aromatic heterocycles. The van der Waals surface area contributed by atoms with Crippen LogP contribution >= 0.6 is 0 Å². The summed E-state index contributed by atoms with van der Waals surface area (Å²) in [5, 5.41) is 0. The monoisotopic (exact) mass is 241 g/mol. The van der Waals surface area contributed by atoms with Crippen molar-refractivity contribution in [3.63, 3.8) is 0 Å². The number of hydrogen-bond acceptors (Lipinski definition) is 6. The first-order valence-corrected chi connectivity index (χ1v) is 5.46. The van der Waals surface area contributed by atoms with Crippen molar-refractivity contribution < 1.29 is 14.2 Å². The van der Waals surface area contributed by atoms with Gasteiger partial charge >= 0.3 is 0 Å². The summed E-state index contributed by atoms with van der Waals surface area (Å²) in [5.74, 6) is 0.469. The lowest BCUT2D eigenvalue weighted by atomic mass is 10.1. The van der Waals surface area contributed by atoms with E-state index in [1.54, 1.807) is 26.6 Å². The standard InChI is InChI=1S/C11H19N3O3/c1-15-7-8-17-6-3-9(12)10-11(16-2)14-5-4-13-10/h4-5,9H,3,6-8,12H2,1-2H3. The van der Waals surface area contributed by atoms with Gasteiger partial charge < -0.3 is 19.9 Å². The van der Waals surface area contributed by atoms with Gasteiger partial charge in [0, 0.05) is 26.1 Å². The van der Waals surface area contributed by atoms with E-state index in [-0.39, 0.29) is 6.04 Å². The number of rotatable bonds is 8. The lowest BCUT2D eigenvalue weighted by molar-refractivity contribution is 0.0669. The zero-order valence-corrected chi connectivity index (χ0v) is 10.3. The average molecular weight is 241 g/mol. The van der Waals surface area contributed by atoms with Crippen molar-refractivity contribution >= 4 is 0 Å². The molecular formula is C11H19N3O3. The number of methoxy groups -OCH3 is 2. The maximum Gasteiger partial charge on any atom is 0.236 e. The summed E-state index contributed by atoms with van der Waals surface area (Å²) >= 11 is 0. The Hall–Kier alpha value is -1.24. The SMILES string of the molecule is COCCOCCC(N)c1nccnc1OC. The first-order valence-electron chi connectivity index (χ1n) is 5.46. The molecule has 0 radical (unpaired) electrons. The van der Waals surface area contributed by atoms with Gasteiger partial charge in [-0.05, 0) is 6.42 Å². The van der Waals surface area contributed by atoms with Crippen LogP contribution < -0.4 is 10.5 Å². The van der Waals surface area contributed by atoms with Crippen molar-refractivity contribution in [3.05, 3.63) is 18.1 Å². The highest BCUT2D eigenvalue weighted by molar-refractivity contribution is 5.20. The molecule has 0 spiro atoms. The minimum Gasteiger partial charge on any atom is -0.480 e. The van der Waals surface area contributed by atoms with Crippen LogP contribution in [0.2, 0.25) is 0 Å². The van der Waals surface area contributed by atoms with E-state index in [4.69, 9.17) is 19.9 Å². The second-order valence-electron chi connectivity index (χ2n) is 3.45. The molecule has 6 nitrogen and oxygen atoms in total. The molecule has 1 unspecified atom stereocenters. The summed E-state index contributed by atoms with van der Waals surface area (Å²) in [6.45, 7) is 1.72. The molecule has 0 saturated carbocycles. The van der Waals surface area contributed by atoms with Gasteiger partial charge in [0.05, 0.1) is 26.4 Å². The Morgan fingerprint density at radius 1 is 1.18 bits per heavy atom. The maximum absolute atomic E-state index is 5.99. The van der Waals surface area contributed by atoms with Crippen LogP contribution in [-0.4, -0.2) is 44.0 Å². The molecule has 6 heteroatoms. The van der Waals surface area contributed by atoms with Crippen LogP contribution in [0.25, 0.3) is 0 Å². The van der Waals surface area contributed by atoms with Crippen molar-refractivity contribution in [1.82, 2.24) is 9.97 Å². The fourth-order valence-electron chi connectivity index (χ4n) is 1.34. The summed E-state index contributed by atoms with van der Waals surface area (Å²) in [6.07, 6.45) is 3.84. The van der Waals surface area contributed by atoms with Gasteiger partial charge in [-0.25, -0.2) is 4.98 Å². The molecule has 0 aromatic carbocycles. The summed E-state index contributed by atoms with van der Waals surface area (Å²) in [7, 11) is 3.19. The lowest BCUT2D eigenvalue weighted by Crippen LogP contribution is -2.17. The minimum atomic E-state index is -0.235. The second-order valence-corrected chi connectivity index (χ2v) is 3.45. The molecule has 1 atom stereocenters. The highest BCUT2D eigenvalue weighted by atomic mass is 16.5. The quantitative estimate of drug-likeness (QED) is 0.669. The van der Waals surface area contributed by atoms with Crippen LogP contribution in [0, 0.1) is 0 Å². The zero-order valence-electron chi connectivity index (χ0n) is 10.3. The first-order chi connectivity index (χ1) is 8.29. The molecule has 0 amide bonds. The molecular weight excluding hydrogens is 222 g/mol. The number of aromatic nitrogens is 2. The van der Waals surface area contributed by atoms with Crippen LogP contribution in [0.15, 0.2) is 12.4 Å². The van der Waals surface area contributed by atoms with Crippen molar-refractivity contribution in [2.24, 2.45) is 5.73 Å². The molecule has 1 heterocycles. The molecule has 1 aromatic rings. The topological polar surface area (TPSA) is 79.5 Å². The Labute approximate surface area is 101 Å². The summed E-state index contributed by atoms with van der Waals surface area (Å²) in [5.41, 5.74) is 6.65. The van der Waals surface area contributed by atoms with E-state index in [0.29, 0.717) is 37.8 Å². The van der Waals surface area contributed by atoms with Gasteiger partial charge in [-0.3, -0.25) is 4.98 Å². The predicted molar refractivity (Wildman–Crippen MR) is 62.8 cm³/mol. The van der Waals surface area contributed by atoms with Gasteiger partial charge in [0.15, 0.2) is 0 Å². The Morgan fingerprint density at radius 3 is 2.65 bits per heavy atom. The van der Waals surface area contributed by atoms with Gasteiger partial charge in [0.2, 0.25) is 5.88 Å². The van der Waals surface area contributed by atoms with E-state index in [0.717, 1.165) is 0 Å². The largest absolute Gasteiger partial charge is 0.480 e. The number of hydrogen-bond donors (Lipinski definition) is 1. The van der Waals surface area contributed by atoms with Gasteiger partial charge in [0.1, 0.15) is 5.69 Å². The van der Waals surface area contributed by atoms with Crippen LogP contribution in [0.3, 0.4) is 0 Å². The minimum absolute atomic E-state index is 0.235. The molecule has 0 aliphatic heterocycles. The third-order valence-electron chi connectivity index (χ3n) is 2.24. The van der Waals surface area contributed by atoms with Gasteiger partial charge in [-0.1, -0.05) is 0 Å². The first kappa shape index (κ1) is 13.8. The molecule has 0 fully saturated rings. The summed E-state index contributed by atoms with van der Waals surface area (Å²) in [6, 6.07) is -0.235. The van der Waals surface area contributed by atoms with E-state index in [9.17, 15) is 0 Å².